The van der Waals surface area contributed by atoms with E-state index in [0.29, 0.717) is 73.1 Å². The van der Waals surface area contributed by atoms with Crippen LogP contribution in [0, 0.1) is 27.7 Å². The fourth-order valence-electron chi connectivity index (χ4n) is 6.50. The van der Waals surface area contributed by atoms with Crippen LogP contribution in [0.25, 0.3) is 21.1 Å². The van der Waals surface area contributed by atoms with Crippen LogP contribution in [0.1, 0.15) is 82.8 Å². The van der Waals surface area contributed by atoms with Gasteiger partial charge in [-0.25, -0.2) is 19.6 Å². The number of ether oxygens (including phenoxy) is 5. The SMILES string of the molecule is C=CCC(Oc1ccc(OC(C)(C)C(=O)OC(=O)COc2ccc(OC(C)c3sc(-c4ccc(C(F)(F)F)cc4)nc3C)cc2C)c(C)c1)c1sc(-c2ccc(C(F)(F)F)cc2)nc1C. The van der Waals surface area contributed by atoms with Crippen molar-refractivity contribution in [2.75, 3.05) is 6.61 Å². The highest BCUT2D eigenvalue weighted by Crippen LogP contribution is 2.40. The van der Waals surface area contributed by atoms with Gasteiger partial charge in [0.2, 0.25) is 5.60 Å². The van der Waals surface area contributed by atoms with Gasteiger partial charge in [-0.1, -0.05) is 30.3 Å². The molecule has 2 unspecified atom stereocenters. The number of carbonyl (C=O) groups excluding carboxylic acids is 2. The zero-order chi connectivity index (χ0) is 47.4. The lowest BCUT2D eigenvalue weighted by atomic mass is 10.1. The molecule has 65 heavy (non-hydrogen) atoms. The number of alkyl halides is 6. The monoisotopic (exact) mass is 938 g/mol. The lowest BCUT2D eigenvalue weighted by Crippen LogP contribution is -2.41. The van der Waals surface area contributed by atoms with Gasteiger partial charge in [0, 0.05) is 17.5 Å². The summed E-state index contributed by atoms with van der Waals surface area (Å²) >= 11 is 2.64. The van der Waals surface area contributed by atoms with E-state index in [-0.39, 0.29) is 0 Å². The van der Waals surface area contributed by atoms with Crippen molar-refractivity contribution in [2.45, 2.75) is 85.0 Å². The van der Waals surface area contributed by atoms with Gasteiger partial charge in [-0.15, -0.1) is 29.3 Å². The third kappa shape index (κ3) is 11.9. The third-order valence-electron chi connectivity index (χ3n) is 9.92. The van der Waals surface area contributed by atoms with E-state index in [1.807, 2.05) is 6.92 Å². The molecule has 0 aliphatic heterocycles. The van der Waals surface area contributed by atoms with Gasteiger partial charge in [0.05, 0.1) is 32.3 Å². The van der Waals surface area contributed by atoms with Crippen molar-refractivity contribution in [3.8, 4) is 44.1 Å². The Bertz CT molecular complexity index is 2670. The van der Waals surface area contributed by atoms with Gasteiger partial charge in [0.25, 0.3) is 0 Å². The minimum atomic E-state index is -4.45. The molecule has 6 rings (SSSR count). The molecular weight excluding hydrogens is 895 g/mol. The number of benzene rings is 4. The summed E-state index contributed by atoms with van der Waals surface area (Å²) in [7, 11) is 0. The first kappa shape index (κ1) is 48.3. The van der Waals surface area contributed by atoms with Crippen molar-refractivity contribution in [3.63, 3.8) is 0 Å². The topological polar surface area (TPSA) is 106 Å². The highest BCUT2D eigenvalue weighted by Gasteiger charge is 2.35. The Morgan fingerprint density at radius 1 is 0.692 bits per heavy atom. The van der Waals surface area contributed by atoms with Gasteiger partial charge in [0.15, 0.2) is 6.61 Å². The van der Waals surface area contributed by atoms with Crippen LogP contribution in [-0.4, -0.2) is 34.1 Å². The molecule has 0 aliphatic rings. The Balaban J connectivity index is 1.01. The van der Waals surface area contributed by atoms with Crippen molar-refractivity contribution in [3.05, 3.63) is 141 Å². The van der Waals surface area contributed by atoms with Crippen LogP contribution in [-0.2, 0) is 26.7 Å². The summed E-state index contributed by atoms with van der Waals surface area (Å²) in [5.41, 5.74) is 0.631. The highest BCUT2D eigenvalue weighted by molar-refractivity contribution is 7.15. The average molecular weight is 939 g/mol. The zero-order valence-corrected chi connectivity index (χ0v) is 37.9. The molecule has 342 valence electrons. The first-order chi connectivity index (χ1) is 30.5. The summed E-state index contributed by atoms with van der Waals surface area (Å²) in [4.78, 5) is 36.6. The standard InChI is InChI=1S/C48H44F6N2O7S2/c1-9-10-39(42-29(5)56-44(65-42)32-13-17-34(18-14-32)48(52,53)54)61-36-20-22-38(27(3)24-36)63-46(7,8)45(58)62-40(57)25-59-37-21-19-35(23-26(37)2)60-30(6)41-28(4)55-43(64-41)31-11-15-33(16-12-31)47(49,50)51/h9,11-24,30,39H,1,10,25H2,2-8H3. The fraction of sp³-hybridized carbons (Fsp3) is 0.292. The van der Waals surface area contributed by atoms with Crippen molar-refractivity contribution in [1.82, 2.24) is 9.97 Å². The van der Waals surface area contributed by atoms with Gasteiger partial charge in [-0.2, -0.15) is 26.3 Å². The number of thiazole rings is 2. The summed E-state index contributed by atoms with van der Waals surface area (Å²) < 4.78 is 108. The number of nitrogens with zero attached hydrogens (tertiary/aromatic N) is 2. The van der Waals surface area contributed by atoms with Crippen LogP contribution in [0.4, 0.5) is 26.3 Å². The lowest BCUT2D eigenvalue weighted by molar-refractivity contribution is -0.171. The van der Waals surface area contributed by atoms with Gasteiger partial charge < -0.3 is 23.7 Å². The summed E-state index contributed by atoms with van der Waals surface area (Å²) in [5.74, 6) is -0.238. The third-order valence-corrected chi connectivity index (χ3v) is 12.6. The van der Waals surface area contributed by atoms with E-state index in [2.05, 4.69) is 16.5 Å². The highest BCUT2D eigenvalue weighted by atomic mass is 32.1. The number of carbonyl (C=O) groups is 2. The van der Waals surface area contributed by atoms with E-state index in [9.17, 15) is 35.9 Å². The number of aromatic nitrogens is 2. The van der Waals surface area contributed by atoms with E-state index in [4.69, 9.17) is 23.7 Å². The number of hydrogen-bond acceptors (Lipinski definition) is 11. The Morgan fingerprint density at radius 3 is 1.66 bits per heavy atom. The van der Waals surface area contributed by atoms with Crippen molar-refractivity contribution in [2.24, 2.45) is 0 Å². The van der Waals surface area contributed by atoms with E-state index in [1.165, 1.54) is 60.8 Å². The molecule has 0 fully saturated rings. The summed E-state index contributed by atoms with van der Waals surface area (Å²) in [5, 5.41) is 1.12. The Hall–Kier alpha value is -6.20. The largest absolute Gasteiger partial charge is 0.485 e. The van der Waals surface area contributed by atoms with Gasteiger partial charge in [0.1, 0.15) is 45.2 Å². The van der Waals surface area contributed by atoms with Crippen molar-refractivity contribution >= 4 is 34.6 Å². The Kier molecular flexibility index (Phi) is 14.5. The molecule has 2 aromatic heterocycles. The molecule has 9 nitrogen and oxygen atoms in total. The maximum atomic E-state index is 13.2. The molecule has 0 radical (unpaired) electrons. The smallest absolute Gasteiger partial charge is 0.416 e. The predicted octanol–water partition coefficient (Wildman–Crippen LogP) is 13.3. The molecule has 0 amide bonds. The molecule has 0 saturated carbocycles. The average Bonchev–Trinajstić information content (AvgIpc) is 3.83. The van der Waals surface area contributed by atoms with Crippen LogP contribution in [0.5, 0.6) is 23.0 Å². The number of aryl methyl sites for hydroxylation is 4. The molecule has 0 aliphatic carbocycles. The summed E-state index contributed by atoms with van der Waals surface area (Å²) in [6.45, 7) is 15.1. The number of rotatable bonds is 16. The summed E-state index contributed by atoms with van der Waals surface area (Å²) in [6, 6.07) is 19.6. The van der Waals surface area contributed by atoms with Crippen LogP contribution in [0.15, 0.2) is 97.6 Å². The zero-order valence-electron chi connectivity index (χ0n) is 36.3. The normalized spacial score (nSPS) is 12.9. The summed E-state index contributed by atoms with van der Waals surface area (Å²) in [6.07, 6.45) is -7.71. The molecular formula is C48H44F6N2O7S2. The van der Waals surface area contributed by atoms with E-state index >= 15 is 0 Å². The molecule has 17 heteroatoms. The first-order valence-electron chi connectivity index (χ1n) is 20.0. The second-order valence-electron chi connectivity index (χ2n) is 15.5. The second kappa shape index (κ2) is 19.5. The molecule has 0 spiro atoms. The van der Waals surface area contributed by atoms with Crippen LogP contribution < -0.4 is 18.9 Å². The van der Waals surface area contributed by atoms with Crippen LogP contribution in [0.3, 0.4) is 0 Å². The maximum absolute atomic E-state index is 13.2. The molecule has 0 bridgehead atoms. The van der Waals surface area contributed by atoms with Gasteiger partial charge in [-0.3, -0.25) is 0 Å². The number of halogens is 6. The molecule has 0 saturated heterocycles. The predicted molar refractivity (Wildman–Crippen MR) is 235 cm³/mol. The van der Waals surface area contributed by atoms with Crippen LogP contribution >= 0.6 is 22.7 Å². The second-order valence-corrected chi connectivity index (χ2v) is 17.6. The molecule has 6 aromatic rings. The number of esters is 2. The van der Waals surface area contributed by atoms with E-state index < -0.39 is 59.8 Å². The minimum absolute atomic E-state index is 0.333. The number of hydrogen-bond donors (Lipinski definition) is 0. The van der Waals surface area contributed by atoms with Crippen molar-refractivity contribution < 1.29 is 59.6 Å². The fourth-order valence-corrected chi connectivity index (χ4v) is 8.67. The lowest BCUT2D eigenvalue weighted by Gasteiger charge is -2.25. The maximum Gasteiger partial charge on any atom is 0.416 e. The van der Waals surface area contributed by atoms with Gasteiger partial charge >= 0.3 is 24.3 Å². The van der Waals surface area contributed by atoms with Crippen molar-refractivity contribution in [1.29, 1.82) is 0 Å². The van der Waals surface area contributed by atoms with E-state index in [1.54, 1.807) is 70.2 Å². The molecule has 2 atom stereocenters. The Labute approximate surface area is 379 Å². The first-order valence-corrected chi connectivity index (χ1v) is 21.7. The minimum Gasteiger partial charge on any atom is -0.485 e. The quantitative estimate of drug-likeness (QED) is 0.0406. The Morgan fingerprint density at radius 2 is 1.17 bits per heavy atom. The molecule has 0 N–H and O–H groups in total. The molecule has 4 aromatic carbocycles. The van der Waals surface area contributed by atoms with E-state index in [0.717, 1.165) is 34.0 Å². The van der Waals surface area contributed by atoms with Crippen LogP contribution in [0.2, 0.25) is 0 Å². The molecule has 2 heterocycles. The van der Waals surface area contributed by atoms with Gasteiger partial charge in [-0.05, 0) is 120 Å².